The summed E-state index contributed by atoms with van der Waals surface area (Å²) in [4.78, 5) is 14.0. The molecule has 1 N–H and O–H groups in total. The van der Waals surface area contributed by atoms with Crippen LogP contribution in [0.1, 0.15) is 58.4 Å². The van der Waals surface area contributed by atoms with Gasteiger partial charge in [0.15, 0.2) is 0 Å². The first kappa shape index (κ1) is 19.9. The van der Waals surface area contributed by atoms with E-state index in [0.29, 0.717) is 36.7 Å². The molecule has 140 valence electrons. The molecule has 6 heteroatoms. The van der Waals surface area contributed by atoms with Gasteiger partial charge in [-0.15, -0.1) is 0 Å². The number of anilines is 1. The second kappa shape index (κ2) is 8.81. The molecule has 0 saturated heterocycles. The number of rotatable bonds is 9. The van der Waals surface area contributed by atoms with Gasteiger partial charge in [-0.3, -0.25) is 4.79 Å². The summed E-state index contributed by atoms with van der Waals surface area (Å²) in [5, 5.41) is 0. The van der Waals surface area contributed by atoms with E-state index in [-0.39, 0.29) is 5.91 Å². The molecule has 0 bridgehead atoms. The van der Waals surface area contributed by atoms with Crippen molar-refractivity contribution in [2.45, 2.75) is 64.2 Å². The Morgan fingerprint density at radius 1 is 1.28 bits per heavy atom. The molecule has 1 aromatic carbocycles. The van der Waals surface area contributed by atoms with Crippen LogP contribution in [0.5, 0.6) is 0 Å². The molecule has 2 rings (SSSR count). The van der Waals surface area contributed by atoms with Crippen molar-refractivity contribution in [2.75, 3.05) is 18.0 Å². The Labute approximate surface area is 151 Å². The van der Waals surface area contributed by atoms with Crippen LogP contribution >= 0.6 is 0 Å². The van der Waals surface area contributed by atoms with Gasteiger partial charge in [0.25, 0.3) is 0 Å². The molecule has 1 aliphatic heterocycles. The Morgan fingerprint density at radius 2 is 2.04 bits per heavy atom. The number of nitrogens with zero attached hydrogens (tertiary/aromatic N) is 1. The Kier molecular flexibility index (Phi) is 7.02. The number of sulfonamides is 1. The monoisotopic (exact) mass is 366 g/mol. The van der Waals surface area contributed by atoms with Crippen LogP contribution in [0.4, 0.5) is 5.69 Å². The molecule has 0 aliphatic carbocycles. The van der Waals surface area contributed by atoms with Crippen molar-refractivity contribution in [3.63, 3.8) is 0 Å². The second-order valence-electron chi connectivity index (χ2n) is 6.71. The minimum atomic E-state index is -3.51. The zero-order valence-corrected chi connectivity index (χ0v) is 16.4. The van der Waals surface area contributed by atoms with Gasteiger partial charge in [-0.05, 0) is 42.5 Å². The van der Waals surface area contributed by atoms with Gasteiger partial charge in [0.1, 0.15) is 0 Å². The molecule has 25 heavy (non-hydrogen) atoms. The van der Waals surface area contributed by atoms with Crippen molar-refractivity contribution < 1.29 is 13.2 Å². The fourth-order valence-corrected chi connectivity index (χ4v) is 4.42. The number of benzene rings is 1. The first-order chi connectivity index (χ1) is 11.9. The number of hydrogen-bond acceptors (Lipinski definition) is 3. The van der Waals surface area contributed by atoms with Gasteiger partial charge < -0.3 is 4.90 Å². The van der Waals surface area contributed by atoms with Crippen molar-refractivity contribution in [1.82, 2.24) is 4.72 Å². The number of amides is 1. The molecule has 0 radical (unpaired) electrons. The fraction of sp³-hybridized carbons (Fsp3) is 0.632. The van der Waals surface area contributed by atoms with E-state index < -0.39 is 10.0 Å². The van der Waals surface area contributed by atoms with E-state index in [1.165, 1.54) is 0 Å². The van der Waals surface area contributed by atoms with E-state index in [0.717, 1.165) is 36.9 Å². The SMILES string of the molecule is CCCC[C@H](CC)CNS(=O)(=O)c1ccc2c(c1)CCN2C(=O)CC. The predicted octanol–water partition coefficient (Wildman–Crippen LogP) is 3.48. The molecule has 1 atom stereocenters. The van der Waals surface area contributed by atoms with Crippen molar-refractivity contribution >= 4 is 21.6 Å². The normalized spacial score (nSPS) is 15.2. The van der Waals surface area contributed by atoms with Gasteiger partial charge in [-0.2, -0.15) is 0 Å². The molecule has 1 aromatic rings. The number of nitrogens with one attached hydrogen (secondary N) is 1. The van der Waals surface area contributed by atoms with Gasteiger partial charge in [0.2, 0.25) is 15.9 Å². The highest BCUT2D eigenvalue weighted by molar-refractivity contribution is 7.89. The van der Waals surface area contributed by atoms with Crippen molar-refractivity contribution in [3.05, 3.63) is 23.8 Å². The average molecular weight is 367 g/mol. The Hall–Kier alpha value is -1.40. The van der Waals surface area contributed by atoms with E-state index in [1.54, 1.807) is 23.1 Å². The molecule has 0 spiro atoms. The average Bonchev–Trinajstić information content (AvgIpc) is 3.04. The lowest BCUT2D eigenvalue weighted by atomic mass is 10.00. The maximum Gasteiger partial charge on any atom is 0.240 e. The van der Waals surface area contributed by atoms with E-state index in [4.69, 9.17) is 0 Å². The second-order valence-corrected chi connectivity index (χ2v) is 8.47. The first-order valence-corrected chi connectivity index (χ1v) is 10.8. The highest BCUT2D eigenvalue weighted by atomic mass is 32.2. The summed E-state index contributed by atoms with van der Waals surface area (Å²) in [7, 11) is -3.51. The lowest BCUT2D eigenvalue weighted by molar-refractivity contribution is -0.118. The van der Waals surface area contributed by atoms with E-state index in [9.17, 15) is 13.2 Å². The molecular formula is C19H30N2O3S. The summed E-state index contributed by atoms with van der Waals surface area (Å²) < 4.78 is 28.0. The fourth-order valence-electron chi connectivity index (χ4n) is 3.25. The lowest BCUT2D eigenvalue weighted by Crippen LogP contribution is -2.29. The summed E-state index contributed by atoms with van der Waals surface area (Å²) in [5.74, 6) is 0.455. The number of unbranched alkanes of at least 4 members (excludes halogenated alkanes) is 1. The number of fused-ring (bicyclic) bond motifs is 1. The molecule has 1 amide bonds. The van der Waals surface area contributed by atoms with Crippen LogP contribution < -0.4 is 9.62 Å². The van der Waals surface area contributed by atoms with Gasteiger partial charge in [0, 0.05) is 25.2 Å². The van der Waals surface area contributed by atoms with Crippen LogP contribution in [0.3, 0.4) is 0 Å². The maximum atomic E-state index is 12.6. The molecule has 0 saturated carbocycles. The largest absolute Gasteiger partial charge is 0.312 e. The number of carbonyl (C=O) groups is 1. The predicted molar refractivity (Wildman–Crippen MR) is 101 cm³/mol. The summed E-state index contributed by atoms with van der Waals surface area (Å²) in [5.41, 5.74) is 1.78. The lowest BCUT2D eigenvalue weighted by Gasteiger charge is -2.17. The van der Waals surface area contributed by atoms with Gasteiger partial charge >= 0.3 is 0 Å². The van der Waals surface area contributed by atoms with E-state index in [1.807, 2.05) is 6.92 Å². The summed E-state index contributed by atoms with van der Waals surface area (Å²) in [6, 6.07) is 5.09. The van der Waals surface area contributed by atoms with Crippen LogP contribution in [0.25, 0.3) is 0 Å². The van der Waals surface area contributed by atoms with Gasteiger partial charge in [-0.25, -0.2) is 13.1 Å². The Balaban J connectivity index is 2.09. The van der Waals surface area contributed by atoms with Crippen molar-refractivity contribution in [2.24, 2.45) is 5.92 Å². The van der Waals surface area contributed by atoms with Crippen LogP contribution in [-0.4, -0.2) is 27.4 Å². The smallest absolute Gasteiger partial charge is 0.240 e. The van der Waals surface area contributed by atoms with Crippen LogP contribution in [0.2, 0.25) is 0 Å². The zero-order valence-electron chi connectivity index (χ0n) is 15.5. The standard InChI is InChI=1S/C19H30N2O3S/c1-4-7-8-15(5-2)14-20-25(23,24)17-9-10-18-16(13-17)11-12-21(18)19(22)6-3/h9-10,13,15,20H,4-8,11-12,14H2,1-3H3/t15-/m0/s1. The molecule has 0 fully saturated rings. The highest BCUT2D eigenvalue weighted by Gasteiger charge is 2.26. The Morgan fingerprint density at radius 3 is 2.68 bits per heavy atom. The molecule has 1 heterocycles. The van der Waals surface area contributed by atoms with Crippen LogP contribution in [0.15, 0.2) is 23.1 Å². The van der Waals surface area contributed by atoms with Crippen LogP contribution in [-0.2, 0) is 21.2 Å². The van der Waals surface area contributed by atoms with E-state index in [2.05, 4.69) is 18.6 Å². The molecule has 1 aliphatic rings. The third kappa shape index (κ3) is 4.82. The quantitative estimate of drug-likeness (QED) is 0.727. The third-order valence-corrected chi connectivity index (χ3v) is 6.39. The molecule has 0 unspecified atom stereocenters. The zero-order chi connectivity index (χ0) is 18.4. The number of carbonyl (C=O) groups excluding carboxylic acids is 1. The summed E-state index contributed by atoms with van der Waals surface area (Å²) >= 11 is 0. The first-order valence-electron chi connectivity index (χ1n) is 9.35. The third-order valence-electron chi connectivity index (χ3n) is 4.97. The molecular weight excluding hydrogens is 336 g/mol. The molecule has 5 nitrogen and oxygen atoms in total. The van der Waals surface area contributed by atoms with Gasteiger partial charge in [-0.1, -0.05) is 40.0 Å². The Bertz CT molecular complexity index is 701. The minimum absolute atomic E-state index is 0.0780. The topological polar surface area (TPSA) is 66.5 Å². The van der Waals surface area contributed by atoms with E-state index >= 15 is 0 Å². The van der Waals surface area contributed by atoms with Crippen LogP contribution in [0, 0.1) is 5.92 Å². The summed E-state index contributed by atoms with van der Waals surface area (Å²) in [6.45, 7) is 7.20. The summed E-state index contributed by atoms with van der Waals surface area (Å²) in [6.07, 6.45) is 5.44. The maximum absolute atomic E-state index is 12.6. The van der Waals surface area contributed by atoms with Crippen molar-refractivity contribution in [3.8, 4) is 0 Å². The minimum Gasteiger partial charge on any atom is -0.312 e. The van der Waals surface area contributed by atoms with Gasteiger partial charge in [0.05, 0.1) is 4.90 Å². The van der Waals surface area contributed by atoms with Crippen molar-refractivity contribution in [1.29, 1.82) is 0 Å². The molecule has 0 aromatic heterocycles. The number of hydrogen-bond donors (Lipinski definition) is 1. The highest BCUT2D eigenvalue weighted by Crippen LogP contribution is 2.30.